The predicted molar refractivity (Wildman–Crippen MR) is 88.2 cm³/mol. The summed E-state index contributed by atoms with van der Waals surface area (Å²) in [6, 6.07) is 0. The predicted octanol–water partition coefficient (Wildman–Crippen LogP) is 1.04. The largest absolute Gasteiger partial charge is 0.333 e. The quantitative estimate of drug-likeness (QED) is 0.843. The van der Waals surface area contributed by atoms with Crippen LogP contribution in [0.2, 0.25) is 0 Å². The lowest BCUT2D eigenvalue weighted by Gasteiger charge is -2.27. The number of carbonyl (C=O) groups is 1. The zero-order valence-electron chi connectivity index (χ0n) is 13.7. The van der Waals surface area contributed by atoms with Crippen molar-refractivity contribution in [1.82, 2.24) is 29.3 Å². The highest BCUT2D eigenvalue weighted by atomic mass is 16.2. The first-order valence-corrected chi connectivity index (χ1v) is 8.57. The van der Waals surface area contributed by atoms with E-state index >= 15 is 0 Å². The molecule has 0 spiro atoms. The maximum absolute atomic E-state index is 12.8. The average molecular weight is 326 g/mol. The van der Waals surface area contributed by atoms with Crippen molar-refractivity contribution in [3.63, 3.8) is 0 Å². The summed E-state index contributed by atoms with van der Waals surface area (Å²) in [7, 11) is 0. The number of aromatic nitrogens is 4. The third-order valence-corrected chi connectivity index (χ3v) is 4.85. The first-order valence-electron chi connectivity index (χ1n) is 8.57. The van der Waals surface area contributed by atoms with Crippen LogP contribution < -0.4 is 0 Å². The van der Waals surface area contributed by atoms with Crippen LogP contribution in [0.5, 0.6) is 0 Å². The van der Waals surface area contributed by atoms with Gasteiger partial charge in [-0.2, -0.15) is 0 Å². The van der Waals surface area contributed by atoms with Crippen LogP contribution in [-0.2, 0) is 13.1 Å². The summed E-state index contributed by atoms with van der Waals surface area (Å²) in [5, 5.41) is 0. The third-order valence-electron chi connectivity index (χ3n) is 4.85. The molecule has 126 valence electrons. The number of hydrogen-bond donors (Lipinski definition) is 0. The second kappa shape index (κ2) is 6.68. The number of rotatable bonds is 3. The standard InChI is InChI=1S/C17H22N6O/c24-17(15-9-18-3-4-19-15)23-12-14(10-21-6-1-2-7-21)11-22-8-5-20-16(22)13-23/h3-5,8-9,14H,1-2,6-7,10-13H2/t14-/m1/s1. The van der Waals surface area contributed by atoms with Crippen molar-refractivity contribution in [2.24, 2.45) is 5.92 Å². The van der Waals surface area contributed by atoms with E-state index in [9.17, 15) is 4.79 Å². The second-order valence-corrected chi connectivity index (χ2v) is 6.65. The van der Waals surface area contributed by atoms with Gasteiger partial charge in [-0.15, -0.1) is 0 Å². The van der Waals surface area contributed by atoms with Gasteiger partial charge in [0, 0.05) is 50.3 Å². The molecule has 0 aliphatic carbocycles. The molecule has 1 atom stereocenters. The lowest BCUT2D eigenvalue weighted by atomic mass is 10.1. The van der Waals surface area contributed by atoms with Crippen molar-refractivity contribution >= 4 is 5.91 Å². The van der Waals surface area contributed by atoms with E-state index in [1.165, 1.54) is 32.1 Å². The maximum Gasteiger partial charge on any atom is 0.274 e. The lowest BCUT2D eigenvalue weighted by molar-refractivity contribution is 0.0700. The Hall–Kier alpha value is -2.28. The Morgan fingerprint density at radius 1 is 1.12 bits per heavy atom. The summed E-state index contributed by atoms with van der Waals surface area (Å²) in [6.07, 6.45) is 11.1. The minimum atomic E-state index is -0.0639. The third kappa shape index (κ3) is 3.17. The van der Waals surface area contributed by atoms with Gasteiger partial charge < -0.3 is 14.4 Å². The molecule has 24 heavy (non-hydrogen) atoms. The van der Waals surface area contributed by atoms with Gasteiger partial charge >= 0.3 is 0 Å². The first-order chi connectivity index (χ1) is 11.8. The van der Waals surface area contributed by atoms with Crippen molar-refractivity contribution in [3.8, 4) is 0 Å². The van der Waals surface area contributed by atoms with Gasteiger partial charge in [0.25, 0.3) is 5.91 Å². The minimum Gasteiger partial charge on any atom is -0.333 e. The van der Waals surface area contributed by atoms with E-state index < -0.39 is 0 Å². The van der Waals surface area contributed by atoms with Gasteiger partial charge in [0.05, 0.1) is 12.7 Å². The van der Waals surface area contributed by atoms with Crippen LogP contribution in [0.4, 0.5) is 0 Å². The molecule has 1 amide bonds. The number of carbonyl (C=O) groups excluding carboxylic acids is 1. The summed E-state index contributed by atoms with van der Waals surface area (Å²) in [5.74, 6) is 1.28. The molecule has 2 aliphatic heterocycles. The molecule has 4 rings (SSSR count). The topological polar surface area (TPSA) is 67.2 Å². The van der Waals surface area contributed by atoms with Crippen molar-refractivity contribution in [1.29, 1.82) is 0 Å². The van der Waals surface area contributed by atoms with Crippen LogP contribution in [0.3, 0.4) is 0 Å². The molecule has 4 heterocycles. The molecule has 1 saturated heterocycles. The van der Waals surface area contributed by atoms with Crippen molar-refractivity contribution in [3.05, 3.63) is 42.5 Å². The van der Waals surface area contributed by atoms with Gasteiger partial charge in [-0.3, -0.25) is 9.78 Å². The molecule has 0 radical (unpaired) electrons. The van der Waals surface area contributed by atoms with E-state index in [2.05, 4.69) is 24.4 Å². The fourth-order valence-corrected chi connectivity index (χ4v) is 3.71. The Kier molecular flexibility index (Phi) is 4.25. The van der Waals surface area contributed by atoms with Crippen molar-refractivity contribution in [2.75, 3.05) is 26.2 Å². The Morgan fingerprint density at radius 2 is 2.00 bits per heavy atom. The van der Waals surface area contributed by atoms with E-state index in [-0.39, 0.29) is 5.91 Å². The SMILES string of the molecule is O=C(c1cnccn1)N1Cc2nccn2C[C@@H](CN2CCCC2)C1. The van der Waals surface area contributed by atoms with E-state index in [1.54, 1.807) is 12.4 Å². The summed E-state index contributed by atoms with van der Waals surface area (Å²) in [5.41, 5.74) is 0.400. The molecule has 7 heteroatoms. The molecule has 0 saturated carbocycles. The fourth-order valence-electron chi connectivity index (χ4n) is 3.71. The van der Waals surface area contributed by atoms with Crippen LogP contribution in [0.1, 0.15) is 29.2 Å². The second-order valence-electron chi connectivity index (χ2n) is 6.65. The van der Waals surface area contributed by atoms with E-state index in [0.717, 1.165) is 25.5 Å². The summed E-state index contributed by atoms with van der Waals surface area (Å²) < 4.78 is 2.19. The molecule has 2 aromatic heterocycles. The van der Waals surface area contributed by atoms with Crippen molar-refractivity contribution < 1.29 is 4.79 Å². The summed E-state index contributed by atoms with van der Waals surface area (Å²) in [4.78, 5) is 29.8. The van der Waals surface area contributed by atoms with Crippen LogP contribution in [0.25, 0.3) is 0 Å². The highest BCUT2D eigenvalue weighted by Crippen LogP contribution is 2.20. The van der Waals surface area contributed by atoms with Gasteiger partial charge in [-0.25, -0.2) is 9.97 Å². The molecular formula is C17H22N6O. The molecule has 2 aliphatic rings. The number of amides is 1. The highest BCUT2D eigenvalue weighted by Gasteiger charge is 2.28. The van der Waals surface area contributed by atoms with Crippen LogP contribution in [0, 0.1) is 5.92 Å². The van der Waals surface area contributed by atoms with Gasteiger partial charge in [-0.1, -0.05) is 0 Å². The van der Waals surface area contributed by atoms with E-state index in [0.29, 0.717) is 18.2 Å². The number of fused-ring (bicyclic) bond motifs is 1. The molecule has 0 N–H and O–H groups in total. The Balaban J connectivity index is 1.55. The van der Waals surface area contributed by atoms with Gasteiger partial charge in [0.1, 0.15) is 11.5 Å². The smallest absolute Gasteiger partial charge is 0.274 e. The van der Waals surface area contributed by atoms with E-state index in [1.807, 2.05) is 17.3 Å². The Bertz CT molecular complexity index is 694. The zero-order chi connectivity index (χ0) is 16.4. The number of hydrogen-bond acceptors (Lipinski definition) is 5. The minimum absolute atomic E-state index is 0.0639. The van der Waals surface area contributed by atoms with Gasteiger partial charge in [0.15, 0.2) is 0 Å². The maximum atomic E-state index is 12.8. The van der Waals surface area contributed by atoms with Gasteiger partial charge in [-0.05, 0) is 25.9 Å². The number of likely N-dealkylation sites (tertiary alicyclic amines) is 1. The molecule has 1 fully saturated rings. The number of imidazole rings is 1. The molecule has 0 bridgehead atoms. The fraction of sp³-hybridized carbons (Fsp3) is 0.529. The zero-order valence-corrected chi connectivity index (χ0v) is 13.7. The van der Waals surface area contributed by atoms with E-state index in [4.69, 9.17) is 0 Å². The first kappa shape index (κ1) is 15.3. The van der Waals surface area contributed by atoms with Crippen LogP contribution >= 0.6 is 0 Å². The molecule has 2 aromatic rings. The summed E-state index contributed by atoms with van der Waals surface area (Å²) in [6.45, 7) is 5.54. The molecular weight excluding hydrogens is 304 g/mol. The Labute approximate surface area is 141 Å². The monoisotopic (exact) mass is 326 g/mol. The van der Waals surface area contributed by atoms with Crippen LogP contribution in [-0.4, -0.2) is 61.4 Å². The molecule has 0 aromatic carbocycles. The molecule has 7 nitrogen and oxygen atoms in total. The Morgan fingerprint density at radius 3 is 2.79 bits per heavy atom. The average Bonchev–Trinajstić information content (AvgIpc) is 3.24. The van der Waals surface area contributed by atoms with Gasteiger partial charge in [0.2, 0.25) is 0 Å². The number of nitrogens with zero attached hydrogens (tertiary/aromatic N) is 6. The molecule has 0 unspecified atom stereocenters. The van der Waals surface area contributed by atoms with Crippen molar-refractivity contribution in [2.45, 2.75) is 25.9 Å². The van der Waals surface area contributed by atoms with Crippen LogP contribution in [0.15, 0.2) is 31.0 Å². The summed E-state index contributed by atoms with van der Waals surface area (Å²) >= 11 is 0. The normalized spacial score (nSPS) is 21.5. The lowest BCUT2D eigenvalue weighted by Crippen LogP contribution is -2.38. The highest BCUT2D eigenvalue weighted by molar-refractivity contribution is 5.91.